The lowest BCUT2D eigenvalue weighted by Gasteiger charge is -2.31. The number of amides is 1. The summed E-state index contributed by atoms with van der Waals surface area (Å²) in [5.74, 6) is -0.123. The van der Waals surface area contributed by atoms with Crippen molar-refractivity contribution in [1.29, 1.82) is 0 Å². The predicted molar refractivity (Wildman–Crippen MR) is 94.7 cm³/mol. The average Bonchev–Trinajstić information content (AvgIpc) is 3.02. The number of carbonyl (C=O) groups is 1. The Kier molecular flexibility index (Phi) is 4.57. The number of hydrogen-bond acceptors (Lipinski definition) is 4. The van der Waals surface area contributed by atoms with Crippen LogP contribution >= 0.6 is 0 Å². The summed E-state index contributed by atoms with van der Waals surface area (Å²) in [4.78, 5) is 12.6. The Labute approximate surface area is 143 Å². The summed E-state index contributed by atoms with van der Waals surface area (Å²) in [7, 11) is -3.29. The molecule has 6 nitrogen and oxygen atoms in total. The van der Waals surface area contributed by atoms with Crippen molar-refractivity contribution in [2.24, 2.45) is 5.73 Å². The summed E-state index contributed by atoms with van der Waals surface area (Å²) in [5.41, 5.74) is 7.77. The molecule has 24 heavy (non-hydrogen) atoms. The van der Waals surface area contributed by atoms with Gasteiger partial charge in [0.15, 0.2) is 0 Å². The molecule has 0 unspecified atom stereocenters. The zero-order valence-electron chi connectivity index (χ0n) is 14.0. The monoisotopic (exact) mass is 351 g/mol. The smallest absolute Gasteiger partial charge is 0.251 e. The first-order valence-electron chi connectivity index (χ1n) is 8.48. The molecular formula is C17H25N3O3S. The Morgan fingerprint density at radius 3 is 2.62 bits per heavy atom. The van der Waals surface area contributed by atoms with Crippen LogP contribution in [0.4, 0.5) is 5.69 Å². The lowest BCUT2D eigenvalue weighted by atomic mass is 9.96. The molecule has 1 amide bonds. The number of anilines is 1. The molecule has 0 radical (unpaired) electrons. The van der Waals surface area contributed by atoms with Crippen LogP contribution in [0.2, 0.25) is 0 Å². The summed E-state index contributed by atoms with van der Waals surface area (Å²) >= 11 is 0. The van der Waals surface area contributed by atoms with E-state index in [1.807, 2.05) is 6.07 Å². The van der Waals surface area contributed by atoms with Gasteiger partial charge in [-0.15, -0.1) is 0 Å². The molecule has 3 N–H and O–H groups in total. The standard InChI is InChI=1S/C17H25N3O3S/c1-24(22,23)20-10-4-5-13-11-14(6-7-15(13)20)16(21)19-17(12-18)8-2-3-9-17/h6-7,11H,2-5,8-10,12,18H2,1H3,(H,19,21). The number of aryl methyl sites for hydroxylation is 1. The highest BCUT2D eigenvalue weighted by Crippen LogP contribution is 2.31. The van der Waals surface area contributed by atoms with Gasteiger partial charge in [-0.2, -0.15) is 0 Å². The molecule has 132 valence electrons. The summed E-state index contributed by atoms with van der Waals surface area (Å²) in [6.07, 6.45) is 6.77. The molecule has 3 rings (SSSR count). The molecule has 0 spiro atoms. The third-order valence-electron chi connectivity index (χ3n) is 5.15. The van der Waals surface area contributed by atoms with E-state index in [0.29, 0.717) is 24.3 Å². The predicted octanol–water partition coefficient (Wildman–Crippen LogP) is 1.40. The summed E-state index contributed by atoms with van der Waals surface area (Å²) < 4.78 is 25.2. The number of benzene rings is 1. The third kappa shape index (κ3) is 3.28. The fourth-order valence-corrected chi connectivity index (χ4v) is 4.79. The maximum absolute atomic E-state index is 12.6. The van der Waals surface area contributed by atoms with Gasteiger partial charge in [0.1, 0.15) is 0 Å². The zero-order valence-corrected chi connectivity index (χ0v) is 14.9. The van der Waals surface area contributed by atoms with E-state index in [-0.39, 0.29) is 11.4 Å². The maximum atomic E-state index is 12.6. The van der Waals surface area contributed by atoms with Gasteiger partial charge in [-0.25, -0.2) is 8.42 Å². The molecule has 7 heteroatoms. The molecule has 1 aromatic rings. The molecule has 0 atom stereocenters. The van der Waals surface area contributed by atoms with Gasteiger partial charge in [-0.1, -0.05) is 12.8 Å². The van der Waals surface area contributed by atoms with Crippen LogP contribution in [0.3, 0.4) is 0 Å². The minimum absolute atomic E-state index is 0.123. The third-order valence-corrected chi connectivity index (χ3v) is 6.33. The van der Waals surface area contributed by atoms with Crippen LogP contribution < -0.4 is 15.4 Å². The first kappa shape index (κ1) is 17.2. The molecule has 1 aliphatic heterocycles. The molecule has 0 saturated heterocycles. The van der Waals surface area contributed by atoms with E-state index >= 15 is 0 Å². The van der Waals surface area contributed by atoms with Crippen LogP contribution in [0.5, 0.6) is 0 Å². The van der Waals surface area contributed by atoms with E-state index in [9.17, 15) is 13.2 Å². The second-order valence-corrected chi connectivity index (χ2v) is 8.83. The molecule has 1 aliphatic carbocycles. The van der Waals surface area contributed by atoms with E-state index in [4.69, 9.17) is 5.73 Å². The van der Waals surface area contributed by atoms with Gasteiger partial charge in [-0.05, 0) is 49.4 Å². The van der Waals surface area contributed by atoms with E-state index in [2.05, 4.69) is 5.32 Å². The van der Waals surface area contributed by atoms with Crippen molar-refractivity contribution in [3.05, 3.63) is 29.3 Å². The van der Waals surface area contributed by atoms with Gasteiger partial charge >= 0.3 is 0 Å². The fourth-order valence-electron chi connectivity index (χ4n) is 3.79. The lowest BCUT2D eigenvalue weighted by Crippen LogP contribution is -2.51. The van der Waals surface area contributed by atoms with Crippen LogP contribution in [0.25, 0.3) is 0 Å². The van der Waals surface area contributed by atoms with Crippen LogP contribution in [0, 0.1) is 0 Å². The van der Waals surface area contributed by atoms with Gasteiger partial charge in [0, 0.05) is 18.7 Å². The Morgan fingerprint density at radius 2 is 2.00 bits per heavy atom. The van der Waals surface area contributed by atoms with Crippen molar-refractivity contribution in [2.45, 2.75) is 44.1 Å². The number of nitrogens with one attached hydrogen (secondary N) is 1. The quantitative estimate of drug-likeness (QED) is 0.857. The Bertz CT molecular complexity index is 739. The minimum Gasteiger partial charge on any atom is -0.345 e. The van der Waals surface area contributed by atoms with Crippen molar-refractivity contribution in [2.75, 3.05) is 23.7 Å². The minimum atomic E-state index is -3.29. The first-order valence-corrected chi connectivity index (χ1v) is 10.3. The number of nitrogens with two attached hydrogens (primary N) is 1. The summed E-state index contributed by atoms with van der Waals surface area (Å²) in [6.45, 7) is 0.944. The Balaban J connectivity index is 1.85. The molecule has 2 aliphatic rings. The highest BCUT2D eigenvalue weighted by molar-refractivity contribution is 7.92. The SMILES string of the molecule is CS(=O)(=O)N1CCCc2cc(C(=O)NC3(CN)CCCC3)ccc21. The Hall–Kier alpha value is -1.60. The van der Waals surface area contributed by atoms with Gasteiger partial charge < -0.3 is 11.1 Å². The highest BCUT2D eigenvalue weighted by atomic mass is 32.2. The van der Waals surface area contributed by atoms with E-state index < -0.39 is 10.0 Å². The van der Waals surface area contributed by atoms with E-state index in [1.165, 1.54) is 10.6 Å². The van der Waals surface area contributed by atoms with E-state index in [0.717, 1.165) is 44.1 Å². The van der Waals surface area contributed by atoms with E-state index in [1.54, 1.807) is 12.1 Å². The molecule has 1 saturated carbocycles. The number of nitrogens with zero attached hydrogens (tertiary/aromatic N) is 1. The Morgan fingerprint density at radius 1 is 1.29 bits per heavy atom. The van der Waals surface area contributed by atoms with Crippen LogP contribution in [0.15, 0.2) is 18.2 Å². The normalized spacial score (nSPS) is 19.8. The van der Waals surface area contributed by atoms with Crippen LogP contribution in [0.1, 0.15) is 48.0 Å². The van der Waals surface area contributed by atoms with Gasteiger partial charge in [0.05, 0.1) is 17.5 Å². The van der Waals surface area contributed by atoms with Crippen molar-refractivity contribution in [3.63, 3.8) is 0 Å². The number of hydrogen-bond donors (Lipinski definition) is 2. The molecule has 1 heterocycles. The fraction of sp³-hybridized carbons (Fsp3) is 0.588. The molecule has 1 aromatic carbocycles. The second kappa shape index (κ2) is 6.37. The molecule has 1 fully saturated rings. The summed E-state index contributed by atoms with van der Waals surface area (Å²) in [5, 5.41) is 3.11. The number of carbonyl (C=O) groups excluding carboxylic acids is 1. The first-order chi connectivity index (χ1) is 11.3. The van der Waals surface area contributed by atoms with Gasteiger partial charge in [0.2, 0.25) is 10.0 Å². The van der Waals surface area contributed by atoms with Crippen LogP contribution in [-0.2, 0) is 16.4 Å². The number of sulfonamides is 1. The van der Waals surface area contributed by atoms with Crippen LogP contribution in [-0.4, -0.2) is 39.2 Å². The zero-order chi connectivity index (χ0) is 17.4. The molecule has 0 aromatic heterocycles. The molecule has 0 bridgehead atoms. The van der Waals surface area contributed by atoms with Crippen molar-refractivity contribution >= 4 is 21.6 Å². The van der Waals surface area contributed by atoms with Gasteiger partial charge in [0.25, 0.3) is 5.91 Å². The van der Waals surface area contributed by atoms with Crippen molar-refractivity contribution < 1.29 is 13.2 Å². The highest BCUT2D eigenvalue weighted by Gasteiger charge is 2.34. The average molecular weight is 351 g/mol. The largest absolute Gasteiger partial charge is 0.345 e. The maximum Gasteiger partial charge on any atom is 0.251 e. The number of fused-ring (bicyclic) bond motifs is 1. The topological polar surface area (TPSA) is 92.5 Å². The van der Waals surface area contributed by atoms with Crippen molar-refractivity contribution in [3.8, 4) is 0 Å². The second-order valence-electron chi connectivity index (χ2n) is 6.93. The lowest BCUT2D eigenvalue weighted by molar-refractivity contribution is 0.0903. The number of rotatable bonds is 4. The molecular weight excluding hydrogens is 326 g/mol. The van der Waals surface area contributed by atoms with Gasteiger partial charge in [-0.3, -0.25) is 9.10 Å². The van der Waals surface area contributed by atoms with Crippen molar-refractivity contribution in [1.82, 2.24) is 5.32 Å². The summed E-state index contributed by atoms with van der Waals surface area (Å²) in [6, 6.07) is 5.27.